The van der Waals surface area contributed by atoms with Crippen LogP contribution in [-0.2, 0) is 9.47 Å². The molecule has 0 atom stereocenters. The Labute approximate surface area is 188 Å². The molecule has 1 aromatic heterocycles. The van der Waals surface area contributed by atoms with E-state index in [2.05, 4.69) is 31.7 Å². The number of benzene rings is 1. The SMILES string of the molecule is COc1ccc(N2CCN(c3nc(N4CCOCC4)nc(N4CCOCC4)n3)CC2)cc1. The quantitative estimate of drug-likeness (QED) is 0.667. The van der Waals surface area contributed by atoms with Crippen LogP contribution in [0.25, 0.3) is 0 Å². The van der Waals surface area contributed by atoms with Gasteiger partial charge in [-0.2, -0.15) is 15.0 Å². The van der Waals surface area contributed by atoms with E-state index in [1.807, 2.05) is 12.1 Å². The van der Waals surface area contributed by atoms with Crippen LogP contribution in [0.1, 0.15) is 0 Å². The topological polar surface area (TPSA) is 79.3 Å². The number of nitrogens with zero attached hydrogens (tertiary/aromatic N) is 7. The maximum absolute atomic E-state index is 5.52. The zero-order valence-corrected chi connectivity index (χ0v) is 18.6. The standard InChI is InChI=1S/C22H31N7O3/c1-30-19-4-2-18(3-5-19)26-6-8-27(9-7-26)20-23-21(28-10-14-31-15-11-28)25-22(24-20)29-12-16-32-17-13-29/h2-5H,6-17H2,1H3. The molecule has 1 aromatic carbocycles. The Balaban J connectivity index is 1.33. The minimum atomic E-state index is 0.703. The number of anilines is 4. The Morgan fingerprint density at radius 2 is 1.00 bits per heavy atom. The molecule has 32 heavy (non-hydrogen) atoms. The van der Waals surface area contributed by atoms with Crippen molar-refractivity contribution in [2.24, 2.45) is 0 Å². The first kappa shape index (κ1) is 21.0. The van der Waals surface area contributed by atoms with Crippen molar-refractivity contribution < 1.29 is 14.2 Å². The number of rotatable bonds is 5. The summed E-state index contributed by atoms with van der Waals surface area (Å²) in [6.07, 6.45) is 0. The number of hydrogen-bond acceptors (Lipinski definition) is 10. The van der Waals surface area contributed by atoms with Crippen molar-refractivity contribution >= 4 is 23.5 Å². The molecular formula is C22H31N7O3. The van der Waals surface area contributed by atoms with Gasteiger partial charge in [0.1, 0.15) is 5.75 Å². The van der Waals surface area contributed by atoms with Crippen LogP contribution in [0.5, 0.6) is 5.75 Å². The van der Waals surface area contributed by atoms with Crippen LogP contribution in [0, 0.1) is 0 Å². The molecule has 10 heteroatoms. The summed E-state index contributed by atoms with van der Waals surface area (Å²) in [5.41, 5.74) is 1.21. The van der Waals surface area contributed by atoms with Crippen LogP contribution in [0.15, 0.2) is 24.3 Å². The summed E-state index contributed by atoms with van der Waals surface area (Å²) >= 11 is 0. The van der Waals surface area contributed by atoms with Gasteiger partial charge in [0.05, 0.1) is 33.5 Å². The lowest BCUT2D eigenvalue weighted by Gasteiger charge is -2.37. The molecule has 0 spiro atoms. The molecule has 3 aliphatic heterocycles. The number of piperazine rings is 1. The summed E-state index contributed by atoms with van der Waals surface area (Å²) in [6, 6.07) is 8.25. The van der Waals surface area contributed by atoms with Crippen LogP contribution in [0.4, 0.5) is 23.5 Å². The molecule has 0 aliphatic carbocycles. The third-order valence-electron chi connectivity index (χ3n) is 6.19. The highest BCUT2D eigenvalue weighted by atomic mass is 16.5. The average Bonchev–Trinajstić information content (AvgIpc) is 2.89. The smallest absolute Gasteiger partial charge is 0.232 e. The van der Waals surface area contributed by atoms with Gasteiger partial charge in [0.15, 0.2) is 0 Å². The van der Waals surface area contributed by atoms with E-state index >= 15 is 0 Å². The van der Waals surface area contributed by atoms with Crippen molar-refractivity contribution in [3.05, 3.63) is 24.3 Å². The molecule has 3 fully saturated rings. The molecule has 0 saturated carbocycles. The first-order valence-corrected chi connectivity index (χ1v) is 11.4. The van der Waals surface area contributed by atoms with Crippen LogP contribution in [0.2, 0.25) is 0 Å². The molecule has 4 heterocycles. The van der Waals surface area contributed by atoms with Gasteiger partial charge < -0.3 is 33.8 Å². The van der Waals surface area contributed by atoms with Crippen LogP contribution in [-0.4, -0.2) is 101 Å². The largest absolute Gasteiger partial charge is 0.497 e. The molecule has 10 nitrogen and oxygen atoms in total. The van der Waals surface area contributed by atoms with Gasteiger partial charge in [-0.05, 0) is 24.3 Å². The number of hydrogen-bond donors (Lipinski definition) is 0. The fraction of sp³-hybridized carbons (Fsp3) is 0.591. The second-order valence-electron chi connectivity index (χ2n) is 8.11. The normalized spacial score (nSPS) is 19.9. The zero-order chi connectivity index (χ0) is 21.8. The van der Waals surface area contributed by atoms with E-state index in [4.69, 9.17) is 29.2 Å². The summed E-state index contributed by atoms with van der Waals surface area (Å²) in [6.45, 7) is 9.58. The number of morpholine rings is 2. The molecule has 0 amide bonds. The number of ether oxygens (including phenoxy) is 3. The van der Waals surface area contributed by atoms with Crippen molar-refractivity contribution in [2.45, 2.75) is 0 Å². The molecule has 0 N–H and O–H groups in total. The minimum absolute atomic E-state index is 0.703. The highest BCUT2D eigenvalue weighted by Crippen LogP contribution is 2.24. The molecule has 2 aromatic rings. The second kappa shape index (κ2) is 9.74. The second-order valence-corrected chi connectivity index (χ2v) is 8.11. The number of methoxy groups -OCH3 is 1. The molecule has 0 radical (unpaired) electrons. The Hall–Kier alpha value is -2.85. The van der Waals surface area contributed by atoms with Crippen LogP contribution < -0.4 is 24.3 Å². The van der Waals surface area contributed by atoms with Crippen LogP contribution >= 0.6 is 0 Å². The van der Waals surface area contributed by atoms with Gasteiger partial charge >= 0.3 is 0 Å². The van der Waals surface area contributed by atoms with E-state index in [0.717, 1.165) is 76.0 Å². The maximum atomic E-state index is 5.52. The lowest BCUT2D eigenvalue weighted by Crippen LogP contribution is -2.47. The molecule has 5 rings (SSSR count). The predicted octanol–water partition coefficient (Wildman–Crippen LogP) is 0.880. The summed E-state index contributed by atoms with van der Waals surface area (Å²) in [5, 5.41) is 0. The van der Waals surface area contributed by atoms with Crippen molar-refractivity contribution in [1.82, 2.24) is 15.0 Å². The molecule has 0 unspecified atom stereocenters. The van der Waals surface area contributed by atoms with E-state index in [1.165, 1.54) is 5.69 Å². The van der Waals surface area contributed by atoms with Gasteiger partial charge in [0, 0.05) is 58.0 Å². The summed E-state index contributed by atoms with van der Waals surface area (Å²) in [4.78, 5) is 23.6. The molecule has 172 valence electrons. The molecule has 3 saturated heterocycles. The van der Waals surface area contributed by atoms with Gasteiger partial charge in [-0.25, -0.2) is 0 Å². The summed E-state index contributed by atoms with van der Waals surface area (Å²) in [7, 11) is 1.69. The highest BCUT2D eigenvalue weighted by Gasteiger charge is 2.25. The molecule has 0 bridgehead atoms. The van der Waals surface area contributed by atoms with E-state index in [-0.39, 0.29) is 0 Å². The van der Waals surface area contributed by atoms with Crippen molar-refractivity contribution in [3.63, 3.8) is 0 Å². The monoisotopic (exact) mass is 441 g/mol. The lowest BCUT2D eigenvalue weighted by atomic mass is 10.2. The zero-order valence-electron chi connectivity index (χ0n) is 18.6. The van der Waals surface area contributed by atoms with E-state index in [1.54, 1.807) is 7.11 Å². The Bertz CT molecular complexity index is 841. The van der Waals surface area contributed by atoms with Gasteiger partial charge in [0.25, 0.3) is 0 Å². The highest BCUT2D eigenvalue weighted by molar-refractivity contribution is 5.52. The predicted molar refractivity (Wildman–Crippen MR) is 123 cm³/mol. The first-order chi connectivity index (χ1) is 15.8. The first-order valence-electron chi connectivity index (χ1n) is 11.4. The van der Waals surface area contributed by atoms with Crippen LogP contribution in [0.3, 0.4) is 0 Å². The van der Waals surface area contributed by atoms with Gasteiger partial charge in [0.2, 0.25) is 17.8 Å². The van der Waals surface area contributed by atoms with E-state index in [0.29, 0.717) is 26.4 Å². The third-order valence-corrected chi connectivity index (χ3v) is 6.19. The Kier molecular flexibility index (Phi) is 6.40. The average molecular weight is 442 g/mol. The fourth-order valence-corrected chi connectivity index (χ4v) is 4.25. The minimum Gasteiger partial charge on any atom is -0.497 e. The lowest BCUT2D eigenvalue weighted by molar-refractivity contribution is 0.121. The van der Waals surface area contributed by atoms with Crippen molar-refractivity contribution in [2.75, 3.05) is 105 Å². The molecule has 3 aliphatic rings. The van der Waals surface area contributed by atoms with Gasteiger partial charge in [-0.1, -0.05) is 0 Å². The fourth-order valence-electron chi connectivity index (χ4n) is 4.25. The summed E-state index contributed by atoms with van der Waals surface area (Å²) in [5.74, 6) is 3.14. The van der Waals surface area contributed by atoms with Gasteiger partial charge in [-0.3, -0.25) is 0 Å². The third kappa shape index (κ3) is 4.66. The van der Waals surface area contributed by atoms with Crippen molar-refractivity contribution in [3.8, 4) is 5.75 Å². The van der Waals surface area contributed by atoms with E-state index in [9.17, 15) is 0 Å². The number of aromatic nitrogens is 3. The van der Waals surface area contributed by atoms with Gasteiger partial charge in [-0.15, -0.1) is 0 Å². The van der Waals surface area contributed by atoms with E-state index < -0.39 is 0 Å². The Morgan fingerprint density at radius 1 is 0.594 bits per heavy atom. The molecular weight excluding hydrogens is 410 g/mol. The summed E-state index contributed by atoms with van der Waals surface area (Å²) < 4.78 is 16.3. The Morgan fingerprint density at radius 3 is 1.44 bits per heavy atom. The maximum Gasteiger partial charge on any atom is 0.232 e. The van der Waals surface area contributed by atoms with Crippen molar-refractivity contribution in [1.29, 1.82) is 0 Å².